The van der Waals surface area contributed by atoms with Crippen molar-refractivity contribution in [3.8, 4) is 0 Å². The number of carbonyl (C=O) groups excluding carboxylic acids is 1. The summed E-state index contributed by atoms with van der Waals surface area (Å²) in [6, 6.07) is 10.2. The topological polar surface area (TPSA) is 44.4 Å². The second-order valence-electron chi connectivity index (χ2n) is 9.03. The first-order valence-electron chi connectivity index (χ1n) is 9.49. The van der Waals surface area contributed by atoms with Crippen LogP contribution in [0.25, 0.3) is 0 Å². The van der Waals surface area contributed by atoms with E-state index in [1.165, 1.54) is 0 Å². The second-order valence-corrected chi connectivity index (χ2v) is 9.03. The lowest BCUT2D eigenvalue weighted by molar-refractivity contribution is -0.127. The number of benzene rings is 1. The zero-order valence-electron chi connectivity index (χ0n) is 16.6. The molecule has 0 aromatic heterocycles. The van der Waals surface area contributed by atoms with Crippen molar-refractivity contribution < 1.29 is 4.79 Å². The molecule has 0 radical (unpaired) electrons. The summed E-state index contributed by atoms with van der Waals surface area (Å²) in [4.78, 5) is 15.0. The van der Waals surface area contributed by atoms with Crippen LogP contribution in [0, 0.1) is 11.3 Å². The van der Waals surface area contributed by atoms with Gasteiger partial charge in [0.2, 0.25) is 5.91 Å². The number of hydrogen-bond acceptors (Lipinski definition) is 3. The van der Waals surface area contributed by atoms with Gasteiger partial charge in [0.05, 0.1) is 0 Å². The molecule has 1 aliphatic heterocycles. The van der Waals surface area contributed by atoms with Crippen LogP contribution >= 0.6 is 0 Å². The molecule has 4 heteroatoms. The molecule has 1 fully saturated rings. The first kappa shape index (κ1) is 19.8. The molecule has 1 aromatic rings. The quantitative estimate of drug-likeness (QED) is 0.825. The predicted octanol–water partition coefficient (Wildman–Crippen LogP) is 3.75. The third-order valence-electron chi connectivity index (χ3n) is 5.10. The Hall–Kier alpha value is -1.55. The van der Waals surface area contributed by atoms with Crippen LogP contribution in [0.1, 0.15) is 47.5 Å². The smallest absolute Gasteiger partial charge is 0.223 e. The number of hydrogen-bond donors (Lipinski definition) is 2. The highest BCUT2D eigenvalue weighted by Gasteiger charge is 2.30. The molecule has 1 saturated heterocycles. The van der Waals surface area contributed by atoms with Crippen LogP contribution < -0.4 is 10.6 Å². The van der Waals surface area contributed by atoms with Crippen LogP contribution in [-0.4, -0.2) is 42.5 Å². The van der Waals surface area contributed by atoms with E-state index in [0.717, 1.165) is 38.2 Å². The average Bonchev–Trinajstić information content (AvgIpc) is 2.58. The molecule has 1 aromatic carbocycles. The van der Waals surface area contributed by atoms with Gasteiger partial charge in [0.15, 0.2) is 0 Å². The minimum atomic E-state index is 0.0115. The molecule has 140 valence electrons. The molecule has 0 saturated carbocycles. The van der Waals surface area contributed by atoms with E-state index in [1.807, 2.05) is 18.2 Å². The highest BCUT2D eigenvalue weighted by molar-refractivity contribution is 5.78. The summed E-state index contributed by atoms with van der Waals surface area (Å²) >= 11 is 0. The van der Waals surface area contributed by atoms with Gasteiger partial charge in [0.25, 0.3) is 0 Å². The summed E-state index contributed by atoms with van der Waals surface area (Å²) in [5.41, 5.74) is 1.33. The molecule has 25 heavy (non-hydrogen) atoms. The number of piperidine rings is 1. The lowest BCUT2D eigenvalue weighted by Gasteiger charge is -2.40. The first-order chi connectivity index (χ1) is 11.7. The monoisotopic (exact) mass is 345 g/mol. The Bertz CT molecular complexity index is 540. The fraction of sp³-hybridized carbons (Fsp3) is 0.667. The minimum absolute atomic E-state index is 0.0115. The number of anilines is 1. The third kappa shape index (κ3) is 6.35. The summed E-state index contributed by atoms with van der Waals surface area (Å²) in [7, 11) is 0. The van der Waals surface area contributed by atoms with Crippen LogP contribution in [-0.2, 0) is 4.79 Å². The Morgan fingerprint density at radius 2 is 1.64 bits per heavy atom. The van der Waals surface area contributed by atoms with Crippen molar-refractivity contribution in [2.24, 2.45) is 11.3 Å². The number of para-hydroxylation sites is 1. The maximum Gasteiger partial charge on any atom is 0.223 e. The second kappa shape index (κ2) is 8.22. The third-order valence-corrected chi connectivity index (χ3v) is 5.10. The molecular weight excluding hydrogens is 310 g/mol. The molecular formula is C21H35N3O. The van der Waals surface area contributed by atoms with Crippen LogP contribution in [0.4, 0.5) is 5.69 Å². The van der Waals surface area contributed by atoms with E-state index in [9.17, 15) is 4.79 Å². The van der Waals surface area contributed by atoms with Crippen LogP contribution in [0.5, 0.6) is 0 Å². The zero-order chi connectivity index (χ0) is 18.5. The normalized spacial score (nSPS) is 17.3. The molecule has 0 aliphatic carbocycles. The highest BCUT2D eigenvalue weighted by Crippen LogP contribution is 2.24. The minimum Gasteiger partial charge on any atom is -0.384 e. The summed E-state index contributed by atoms with van der Waals surface area (Å²) in [6.45, 7) is 14.7. The molecule has 1 heterocycles. The fourth-order valence-electron chi connectivity index (χ4n) is 3.24. The van der Waals surface area contributed by atoms with Gasteiger partial charge >= 0.3 is 0 Å². The van der Waals surface area contributed by atoms with E-state index in [1.54, 1.807) is 0 Å². The van der Waals surface area contributed by atoms with E-state index in [4.69, 9.17) is 0 Å². The largest absolute Gasteiger partial charge is 0.384 e. The van der Waals surface area contributed by atoms with Gasteiger partial charge in [-0.1, -0.05) is 32.0 Å². The molecule has 0 unspecified atom stereocenters. The molecule has 1 aliphatic rings. The molecule has 2 N–H and O–H groups in total. The van der Waals surface area contributed by atoms with Crippen molar-refractivity contribution >= 4 is 11.6 Å². The van der Waals surface area contributed by atoms with E-state index in [0.29, 0.717) is 6.54 Å². The lowest BCUT2D eigenvalue weighted by Crippen LogP contribution is -2.49. The van der Waals surface area contributed by atoms with Crippen LogP contribution in [0.3, 0.4) is 0 Å². The van der Waals surface area contributed by atoms with Gasteiger partial charge in [0, 0.05) is 30.2 Å². The molecule has 1 amide bonds. The number of likely N-dealkylation sites (tertiary alicyclic amines) is 1. The van der Waals surface area contributed by atoms with Gasteiger partial charge in [-0.2, -0.15) is 0 Å². The van der Waals surface area contributed by atoms with Crippen molar-refractivity contribution in [1.29, 1.82) is 0 Å². The van der Waals surface area contributed by atoms with Crippen molar-refractivity contribution in [2.75, 3.05) is 31.5 Å². The van der Waals surface area contributed by atoms with Gasteiger partial charge in [-0.05, 0) is 64.3 Å². The van der Waals surface area contributed by atoms with Crippen molar-refractivity contribution in [3.05, 3.63) is 30.3 Å². The Morgan fingerprint density at radius 1 is 1.04 bits per heavy atom. The maximum atomic E-state index is 12.5. The number of amides is 1. The fourth-order valence-corrected chi connectivity index (χ4v) is 3.24. The number of nitrogens with zero attached hydrogens (tertiary/aromatic N) is 1. The molecule has 0 bridgehead atoms. The standard InChI is InChI=1S/C21H35N3O/c1-20(2,3)24-13-11-17(12-14-24)19(25)23-16-21(4,5)15-22-18-9-7-6-8-10-18/h6-10,17,22H,11-16H2,1-5H3,(H,23,25). The predicted molar refractivity (Wildman–Crippen MR) is 106 cm³/mol. The number of nitrogens with one attached hydrogen (secondary N) is 2. The van der Waals surface area contributed by atoms with Gasteiger partial charge in [-0.25, -0.2) is 0 Å². The highest BCUT2D eigenvalue weighted by atomic mass is 16.1. The number of carbonyl (C=O) groups is 1. The van der Waals surface area contributed by atoms with Gasteiger partial charge in [0.1, 0.15) is 0 Å². The zero-order valence-corrected chi connectivity index (χ0v) is 16.6. The molecule has 2 rings (SSSR count). The molecule has 0 spiro atoms. The summed E-state index contributed by atoms with van der Waals surface area (Å²) in [5.74, 6) is 0.387. The first-order valence-corrected chi connectivity index (χ1v) is 9.49. The van der Waals surface area contributed by atoms with Crippen LogP contribution in [0.15, 0.2) is 30.3 Å². The SMILES string of the molecule is CC(C)(CNC(=O)C1CCN(C(C)(C)C)CC1)CNc1ccccc1. The van der Waals surface area contributed by atoms with E-state index in [-0.39, 0.29) is 22.8 Å². The Kier molecular flexibility index (Phi) is 6.50. The van der Waals surface area contributed by atoms with E-state index >= 15 is 0 Å². The Labute approximate surface area is 153 Å². The summed E-state index contributed by atoms with van der Waals surface area (Å²) in [6.07, 6.45) is 1.93. The van der Waals surface area contributed by atoms with Gasteiger partial charge in [-0.3, -0.25) is 9.69 Å². The summed E-state index contributed by atoms with van der Waals surface area (Å²) in [5, 5.41) is 6.64. The Balaban J connectivity index is 1.73. The van der Waals surface area contributed by atoms with E-state index in [2.05, 4.69) is 62.3 Å². The molecule has 4 nitrogen and oxygen atoms in total. The molecule has 0 atom stereocenters. The van der Waals surface area contributed by atoms with Gasteiger partial charge < -0.3 is 10.6 Å². The van der Waals surface area contributed by atoms with E-state index < -0.39 is 0 Å². The summed E-state index contributed by atoms with van der Waals surface area (Å²) < 4.78 is 0. The maximum absolute atomic E-state index is 12.5. The van der Waals surface area contributed by atoms with Crippen molar-refractivity contribution in [2.45, 2.75) is 53.0 Å². The number of rotatable bonds is 6. The van der Waals surface area contributed by atoms with Crippen molar-refractivity contribution in [3.63, 3.8) is 0 Å². The van der Waals surface area contributed by atoms with Crippen molar-refractivity contribution in [1.82, 2.24) is 10.2 Å². The lowest BCUT2D eigenvalue weighted by atomic mass is 9.90. The Morgan fingerprint density at radius 3 is 2.20 bits per heavy atom. The average molecular weight is 346 g/mol. The van der Waals surface area contributed by atoms with Gasteiger partial charge in [-0.15, -0.1) is 0 Å². The van der Waals surface area contributed by atoms with Crippen LogP contribution in [0.2, 0.25) is 0 Å².